The molecule has 2 rings (SSSR count). The molecule has 18 heavy (non-hydrogen) atoms. The van der Waals surface area contributed by atoms with Crippen molar-refractivity contribution in [3.63, 3.8) is 0 Å². The zero-order chi connectivity index (χ0) is 13.1. The van der Waals surface area contributed by atoms with Crippen LogP contribution >= 0.6 is 11.6 Å². The molecule has 0 heterocycles. The van der Waals surface area contributed by atoms with E-state index in [2.05, 4.69) is 0 Å². The third-order valence-corrected chi connectivity index (χ3v) is 3.44. The molecule has 0 N–H and O–H groups in total. The molecule has 0 spiro atoms. The molecule has 2 aromatic rings. The highest BCUT2D eigenvalue weighted by atomic mass is 35.5. The predicted octanol–water partition coefficient (Wildman–Crippen LogP) is 4.20. The lowest BCUT2D eigenvalue weighted by Crippen LogP contribution is -2.11. The second-order valence-electron chi connectivity index (χ2n) is 4.45. The van der Waals surface area contributed by atoms with E-state index in [1.807, 2.05) is 62.4 Å². The van der Waals surface area contributed by atoms with Crippen LogP contribution in [0.15, 0.2) is 48.5 Å². The Morgan fingerprint density at radius 3 is 1.61 bits per heavy atom. The summed E-state index contributed by atoms with van der Waals surface area (Å²) >= 11 is 5.82. The normalized spacial score (nSPS) is 10.7. The molecule has 2 heteroatoms. The van der Waals surface area contributed by atoms with Gasteiger partial charge in [-0.2, -0.15) is 0 Å². The lowest BCUT2D eigenvalue weighted by atomic mass is 9.87. The van der Waals surface area contributed by atoms with Gasteiger partial charge in [0.25, 0.3) is 0 Å². The number of hydrogen-bond acceptors (Lipinski definition) is 1. The fraction of sp³-hybridized carbons (Fsp3) is 0.188. The first-order chi connectivity index (χ1) is 8.61. The maximum Gasteiger partial charge on any atom is 0.233 e. The van der Waals surface area contributed by atoms with E-state index in [0.717, 1.165) is 22.3 Å². The van der Waals surface area contributed by atoms with E-state index in [1.54, 1.807) is 0 Å². The van der Waals surface area contributed by atoms with E-state index >= 15 is 0 Å². The van der Waals surface area contributed by atoms with Crippen molar-refractivity contribution in [1.82, 2.24) is 0 Å². The minimum atomic E-state index is -0.380. The zero-order valence-electron chi connectivity index (χ0n) is 10.5. The number of rotatable bonds is 3. The minimum absolute atomic E-state index is 0.335. The number of carbonyl (C=O) groups is 1. The Kier molecular flexibility index (Phi) is 3.83. The van der Waals surface area contributed by atoms with Crippen LogP contribution in [0.4, 0.5) is 0 Å². The molecular formula is C16H15ClO. The Bertz CT molecular complexity index is 529. The summed E-state index contributed by atoms with van der Waals surface area (Å²) in [5.41, 5.74) is 4.12. The van der Waals surface area contributed by atoms with Crippen LogP contribution in [0.3, 0.4) is 0 Å². The summed E-state index contributed by atoms with van der Waals surface area (Å²) < 4.78 is 0. The third-order valence-electron chi connectivity index (χ3n) is 3.23. The Morgan fingerprint density at radius 1 is 0.889 bits per heavy atom. The van der Waals surface area contributed by atoms with Gasteiger partial charge in [-0.3, -0.25) is 4.79 Å². The molecule has 92 valence electrons. The van der Waals surface area contributed by atoms with Gasteiger partial charge in [0.15, 0.2) is 0 Å². The Hall–Kier alpha value is -1.60. The average molecular weight is 259 g/mol. The molecule has 0 fully saturated rings. The van der Waals surface area contributed by atoms with Crippen molar-refractivity contribution in [2.45, 2.75) is 19.8 Å². The van der Waals surface area contributed by atoms with Crippen LogP contribution in [0.2, 0.25) is 0 Å². The molecule has 0 radical (unpaired) electrons. The third kappa shape index (κ3) is 2.46. The molecule has 0 amide bonds. The number of hydrogen-bond donors (Lipinski definition) is 0. The van der Waals surface area contributed by atoms with Crippen molar-refractivity contribution in [1.29, 1.82) is 0 Å². The lowest BCUT2D eigenvalue weighted by Gasteiger charge is -2.18. The van der Waals surface area contributed by atoms with Gasteiger partial charge in [-0.1, -0.05) is 48.5 Å². The van der Waals surface area contributed by atoms with Gasteiger partial charge in [0.1, 0.15) is 0 Å². The first-order valence-electron chi connectivity index (χ1n) is 5.91. The standard InChI is InChI=1S/C16H15ClO/c1-11-7-3-5-9-13(11)15(16(17)18)14-10-6-4-8-12(14)2/h3-10,15H,1-2H3. The SMILES string of the molecule is Cc1ccccc1C(C(=O)Cl)c1ccccc1C. The van der Waals surface area contributed by atoms with Crippen LogP contribution in [-0.2, 0) is 4.79 Å². The molecule has 0 atom stereocenters. The molecule has 0 aliphatic rings. The van der Waals surface area contributed by atoms with E-state index in [4.69, 9.17) is 11.6 Å². The van der Waals surface area contributed by atoms with Gasteiger partial charge < -0.3 is 0 Å². The Balaban J connectivity index is 2.58. The van der Waals surface area contributed by atoms with Crippen LogP contribution in [0, 0.1) is 13.8 Å². The highest BCUT2D eigenvalue weighted by Gasteiger charge is 2.23. The van der Waals surface area contributed by atoms with E-state index < -0.39 is 0 Å². The maximum atomic E-state index is 11.8. The molecular weight excluding hydrogens is 244 g/mol. The first kappa shape index (κ1) is 12.8. The molecule has 0 bridgehead atoms. The smallest absolute Gasteiger partial charge is 0.233 e. The molecule has 0 aromatic heterocycles. The van der Waals surface area contributed by atoms with Crippen molar-refractivity contribution in [2.75, 3.05) is 0 Å². The Morgan fingerprint density at radius 2 is 1.28 bits per heavy atom. The molecule has 0 aliphatic carbocycles. The predicted molar refractivity (Wildman–Crippen MR) is 75.1 cm³/mol. The van der Waals surface area contributed by atoms with E-state index in [9.17, 15) is 4.79 Å². The van der Waals surface area contributed by atoms with E-state index in [0.29, 0.717) is 0 Å². The van der Waals surface area contributed by atoms with Gasteiger partial charge in [-0.15, -0.1) is 0 Å². The maximum absolute atomic E-state index is 11.8. The number of halogens is 1. The number of aryl methyl sites for hydroxylation is 2. The minimum Gasteiger partial charge on any atom is -0.280 e. The quantitative estimate of drug-likeness (QED) is 0.754. The second-order valence-corrected chi connectivity index (χ2v) is 4.82. The van der Waals surface area contributed by atoms with Crippen molar-refractivity contribution < 1.29 is 4.79 Å². The summed E-state index contributed by atoms with van der Waals surface area (Å²) in [7, 11) is 0. The molecule has 1 nitrogen and oxygen atoms in total. The van der Waals surface area contributed by atoms with Gasteiger partial charge in [-0.05, 0) is 47.7 Å². The van der Waals surface area contributed by atoms with E-state index in [-0.39, 0.29) is 11.2 Å². The van der Waals surface area contributed by atoms with Crippen molar-refractivity contribution in [3.8, 4) is 0 Å². The van der Waals surface area contributed by atoms with Crippen LogP contribution in [0.5, 0.6) is 0 Å². The molecule has 0 aliphatic heterocycles. The van der Waals surface area contributed by atoms with Crippen LogP contribution in [0.25, 0.3) is 0 Å². The van der Waals surface area contributed by atoms with Crippen LogP contribution < -0.4 is 0 Å². The van der Waals surface area contributed by atoms with Gasteiger partial charge in [-0.25, -0.2) is 0 Å². The summed E-state index contributed by atoms with van der Waals surface area (Å²) in [5, 5.41) is -0.335. The van der Waals surface area contributed by atoms with Crippen LogP contribution in [-0.4, -0.2) is 5.24 Å². The second kappa shape index (κ2) is 5.36. The fourth-order valence-corrected chi connectivity index (χ4v) is 2.47. The molecule has 0 saturated heterocycles. The highest BCUT2D eigenvalue weighted by molar-refractivity contribution is 6.65. The Labute approximate surface area is 112 Å². The highest BCUT2D eigenvalue weighted by Crippen LogP contribution is 2.31. The summed E-state index contributed by atoms with van der Waals surface area (Å²) in [6.45, 7) is 4.00. The van der Waals surface area contributed by atoms with Gasteiger partial charge >= 0.3 is 0 Å². The monoisotopic (exact) mass is 258 g/mol. The van der Waals surface area contributed by atoms with Crippen molar-refractivity contribution in [2.24, 2.45) is 0 Å². The fourth-order valence-electron chi connectivity index (χ4n) is 2.23. The van der Waals surface area contributed by atoms with Gasteiger partial charge in [0.05, 0.1) is 5.92 Å². The number of carbonyl (C=O) groups excluding carboxylic acids is 1. The van der Waals surface area contributed by atoms with E-state index in [1.165, 1.54) is 0 Å². The molecule has 0 saturated carbocycles. The van der Waals surface area contributed by atoms with Crippen molar-refractivity contribution in [3.05, 3.63) is 70.8 Å². The van der Waals surface area contributed by atoms with Crippen LogP contribution in [0.1, 0.15) is 28.2 Å². The summed E-state index contributed by atoms with van der Waals surface area (Å²) in [6.07, 6.45) is 0. The molecule has 2 aromatic carbocycles. The topological polar surface area (TPSA) is 17.1 Å². The average Bonchev–Trinajstić information content (AvgIpc) is 2.34. The zero-order valence-corrected chi connectivity index (χ0v) is 11.2. The largest absolute Gasteiger partial charge is 0.280 e. The summed E-state index contributed by atoms with van der Waals surface area (Å²) in [6, 6.07) is 15.7. The lowest BCUT2D eigenvalue weighted by molar-refractivity contribution is -0.112. The van der Waals surface area contributed by atoms with Gasteiger partial charge in [0, 0.05) is 0 Å². The van der Waals surface area contributed by atoms with Gasteiger partial charge in [0.2, 0.25) is 5.24 Å². The number of benzene rings is 2. The van der Waals surface area contributed by atoms with Crippen molar-refractivity contribution >= 4 is 16.8 Å². The first-order valence-corrected chi connectivity index (χ1v) is 6.29. The summed E-state index contributed by atoms with van der Waals surface area (Å²) in [4.78, 5) is 11.8. The summed E-state index contributed by atoms with van der Waals surface area (Å²) in [5.74, 6) is -0.380. The molecule has 0 unspecified atom stereocenters.